The predicted octanol–water partition coefficient (Wildman–Crippen LogP) is 2.22. The molecular weight excluding hydrogens is 296 g/mol. The van der Waals surface area contributed by atoms with Crippen LogP contribution in [0.2, 0.25) is 0 Å². The van der Waals surface area contributed by atoms with Gasteiger partial charge in [0, 0.05) is 12.8 Å². The van der Waals surface area contributed by atoms with Crippen LogP contribution >= 0.6 is 0 Å². The summed E-state index contributed by atoms with van der Waals surface area (Å²) in [6.45, 7) is 2.48. The number of nitrogens with two attached hydrogens (primary N) is 2. The summed E-state index contributed by atoms with van der Waals surface area (Å²) in [6, 6.07) is 5.38. The smallest absolute Gasteiger partial charge is 0.142 e. The topological polar surface area (TPSA) is 89.0 Å². The Bertz CT molecular complexity index is 462. The van der Waals surface area contributed by atoms with E-state index >= 15 is 0 Å². The highest BCUT2D eigenvalue weighted by atomic mass is 16.5. The summed E-state index contributed by atoms with van der Waals surface area (Å²) in [4.78, 5) is 0. The van der Waals surface area contributed by atoms with Gasteiger partial charge in [0.2, 0.25) is 0 Å². The molecule has 0 bridgehead atoms. The van der Waals surface area contributed by atoms with Gasteiger partial charge in [0.05, 0.1) is 44.3 Å². The molecule has 0 heterocycles. The average molecular weight is 324 g/mol. The molecule has 0 amide bonds. The number of hydrogen-bond donors (Lipinski definition) is 2. The molecule has 0 radical (unpaired) electrons. The third-order valence-electron chi connectivity index (χ3n) is 3.96. The van der Waals surface area contributed by atoms with Gasteiger partial charge in [-0.05, 0) is 43.9 Å². The predicted molar refractivity (Wildman–Crippen MR) is 90.6 cm³/mol. The minimum atomic E-state index is 0.193. The standard InChI is InChI=1S/C17H28N2O4/c1-20-8-9-21-10-11-22-14-3-5-15(6-4-14)23-17-7-2-13(18)12-16(17)19/h2,7,12,14-15H,3-6,8-11,18-19H2,1H3. The summed E-state index contributed by atoms with van der Waals surface area (Å²) in [5.74, 6) is 0.718. The zero-order valence-electron chi connectivity index (χ0n) is 13.8. The fourth-order valence-corrected chi connectivity index (χ4v) is 2.69. The first kappa shape index (κ1) is 17.8. The Morgan fingerprint density at radius 3 is 2.35 bits per heavy atom. The monoisotopic (exact) mass is 324 g/mol. The van der Waals surface area contributed by atoms with Crippen molar-refractivity contribution in [1.82, 2.24) is 0 Å². The van der Waals surface area contributed by atoms with Crippen LogP contribution in [0.15, 0.2) is 18.2 Å². The maximum absolute atomic E-state index is 5.98. The molecular formula is C17H28N2O4. The highest BCUT2D eigenvalue weighted by Crippen LogP contribution is 2.29. The fraction of sp³-hybridized carbons (Fsp3) is 0.647. The second kappa shape index (κ2) is 9.60. The lowest BCUT2D eigenvalue weighted by Gasteiger charge is -2.29. The van der Waals surface area contributed by atoms with Gasteiger partial charge < -0.3 is 30.4 Å². The SMILES string of the molecule is COCCOCCOC1CCC(Oc2ccc(N)cc2N)CC1. The Kier molecular flexibility index (Phi) is 7.45. The lowest BCUT2D eigenvalue weighted by molar-refractivity contribution is -0.0304. The number of methoxy groups -OCH3 is 1. The van der Waals surface area contributed by atoms with Crippen LogP contribution in [0.1, 0.15) is 25.7 Å². The van der Waals surface area contributed by atoms with Gasteiger partial charge in [0.15, 0.2) is 0 Å². The summed E-state index contributed by atoms with van der Waals surface area (Å²) >= 11 is 0. The van der Waals surface area contributed by atoms with E-state index in [4.69, 9.17) is 30.4 Å². The molecule has 1 aromatic rings. The Labute approximate surface area is 138 Å². The molecule has 0 atom stereocenters. The van der Waals surface area contributed by atoms with Crippen molar-refractivity contribution in [1.29, 1.82) is 0 Å². The Morgan fingerprint density at radius 2 is 1.65 bits per heavy atom. The molecule has 6 heteroatoms. The van der Waals surface area contributed by atoms with Crippen molar-refractivity contribution in [2.75, 3.05) is 45.0 Å². The number of rotatable bonds is 9. The Morgan fingerprint density at radius 1 is 0.957 bits per heavy atom. The fourth-order valence-electron chi connectivity index (χ4n) is 2.69. The molecule has 0 aromatic heterocycles. The van der Waals surface area contributed by atoms with Crippen LogP contribution in [0, 0.1) is 0 Å². The molecule has 6 nitrogen and oxygen atoms in total. The molecule has 1 aromatic carbocycles. The van der Waals surface area contributed by atoms with Gasteiger partial charge in [0.25, 0.3) is 0 Å². The first-order chi connectivity index (χ1) is 11.2. The normalized spacial score (nSPS) is 21.3. The number of hydrogen-bond acceptors (Lipinski definition) is 6. The van der Waals surface area contributed by atoms with Gasteiger partial charge in [-0.2, -0.15) is 0 Å². The summed E-state index contributed by atoms with van der Waals surface area (Å²) in [5, 5.41) is 0. The molecule has 130 valence electrons. The van der Waals surface area contributed by atoms with E-state index in [1.54, 1.807) is 13.2 Å². The number of benzene rings is 1. The Balaban J connectivity index is 1.62. The molecule has 0 unspecified atom stereocenters. The van der Waals surface area contributed by atoms with Crippen molar-refractivity contribution in [2.24, 2.45) is 0 Å². The molecule has 0 spiro atoms. The van der Waals surface area contributed by atoms with Crippen molar-refractivity contribution >= 4 is 11.4 Å². The summed E-state index contributed by atoms with van der Waals surface area (Å²) < 4.78 is 22.1. The first-order valence-electron chi connectivity index (χ1n) is 8.19. The molecule has 1 aliphatic rings. The van der Waals surface area contributed by atoms with Crippen molar-refractivity contribution in [3.63, 3.8) is 0 Å². The molecule has 0 saturated heterocycles. The van der Waals surface area contributed by atoms with Crippen LogP contribution in [-0.4, -0.2) is 45.7 Å². The van der Waals surface area contributed by atoms with Gasteiger partial charge in [0.1, 0.15) is 5.75 Å². The van der Waals surface area contributed by atoms with E-state index < -0.39 is 0 Å². The van der Waals surface area contributed by atoms with Crippen LogP contribution in [0.4, 0.5) is 11.4 Å². The molecule has 1 saturated carbocycles. The second-order valence-corrected chi connectivity index (χ2v) is 5.79. The van der Waals surface area contributed by atoms with E-state index in [0.29, 0.717) is 43.9 Å². The lowest BCUT2D eigenvalue weighted by Crippen LogP contribution is -2.29. The Hall–Kier alpha value is -1.50. The second-order valence-electron chi connectivity index (χ2n) is 5.79. The third-order valence-corrected chi connectivity index (χ3v) is 3.96. The first-order valence-corrected chi connectivity index (χ1v) is 8.19. The van der Waals surface area contributed by atoms with E-state index in [-0.39, 0.29) is 6.10 Å². The minimum absolute atomic E-state index is 0.193. The molecule has 0 aliphatic heterocycles. The number of nitrogen functional groups attached to an aromatic ring is 2. The van der Waals surface area contributed by atoms with Crippen LogP contribution in [0.5, 0.6) is 5.75 Å². The molecule has 4 N–H and O–H groups in total. The lowest BCUT2D eigenvalue weighted by atomic mass is 9.95. The zero-order valence-corrected chi connectivity index (χ0v) is 13.8. The van der Waals surface area contributed by atoms with Gasteiger partial charge in [-0.1, -0.05) is 0 Å². The van der Waals surface area contributed by atoms with Gasteiger partial charge in [-0.25, -0.2) is 0 Å². The molecule has 23 heavy (non-hydrogen) atoms. The summed E-state index contributed by atoms with van der Waals surface area (Å²) in [6.07, 6.45) is 4.43. The van der Waals surface area contributed by atoms with Crippen molar-refractivity contribution in [2.45, 2.75) is 37.9 Å². The largest absolute Gasteiger partial charge is 0.488 e. The van der Waals surface area contributed by atoms with Gasteiger partial charge in [-0.3, -0.25) is 0 Å². The van der Waals surface area contributed by atoms with E-state index in [2.05, 4.69) is 0 Å². The maximum atomic E-state index is 5.98. The maximum Gasteiger partial charge on any atom is 0.142 e. The van der Waals surface area contributed by atoms with E-state index in [1.807, 2.05) is 12.1 Å². The van der Waals surface area contributed by atoms with Crippen LogP contribution in [-0.2, 0) is 14.2 Å². The van der Waals surface area contributed by atoms with Gasteiger partial charge >= 0.3 is 0 Å². The van der Waals surface area contributed by atoms with Crippen molar-refractivity contribution in [3.05, 3.63) is 18.2 Å². The summed E-state index contributed by atoms with van der Waals surface area (Å²) in [7, 11) is 1.67. The minimum Gasteiger partial charge on any atom is -0.488 e. The highest BCUT2D eigenvalue weighted by Gasteiger charge is 2.23. The third kappa shape index (κ3) is 6.25. The van der Waals surface area contributed by atoms with E-state index in [1.165, 1.54) is 0 Å². The number of ether oxygens (including phenoxy) is 4. The molecule has 1 aliphatic carbocycles. The average Bonchev–Trinajstić information content (AvgIpc) is 2.55. The zero-order chi connectivity index (χ0) is 16.5. The quantitative estimate of drug-likeness (QED) is 0.535. The highest BCUT2D eigenvalue weighted by molar-refractivity contribution is 5.60. The van der Waals surface area contributed by atoms with Crippen molar-refractivity contribution < 1.29 is 18.9 Å². The van der Waals surface area contributed by atoms with Crippen LogP contribution in [0.25, 0.3) is 0 Å². The van der Waals surface area contributed by atoms with Gasteiger partial charge in [-0.15, -0.1) is 0 Å². The van der Waals surface area contributed by atoms with E-state index in [0.717, 1.165) is 31.4 Å². The molecule has 1 fully saturated rings. The molecule has 2 rings (SSSR count). The van der Waals surface area contributed by atoms with Crippen LogP contribution in [0.3, 0.4) is 0 Å². The van der Waals surface area contributed by atoms with Crippen molar-refractivity contribution in [3.8, 4) is 5.75 Å². The number of anilines is 2. The van der Waals surface area contributed by atoms with E-state index in [9.17, 15) is 0 Å². The van der Waals surface area contributed by atoms with Crippen LogP contribution < -0.4 is 16.2 Å². The summed E-state index contributed by atoms with van der Waals surface area (Å²) in [5.41, 5.74) is 12.9.